The number of aromatic nitrogens is 1. The van der Waals surface area contributed by atoms with Gasteiger partial charge in [-0.1, -0.05) is 6.07 Å². The Hall–Kier alpha value is -2.68. The van der Waals surface area contributed by atoms with Gasteiger partial charge < -0.3 is 20.5 Å². The van der Waals surface area contributed by atoms with Crippen molar-refractivity contribution in [2.75, 3.05) is 0 Å². The van der Waals surface area contributed by atoms with Crippen LogP contribution in [0.1, 0.15) is 21.4 Å². The quantitative estimate of drug-likeness (QED) is 0.570. The Morgan fingerprint density at radius 2 is 2.15 bits per heavy atom. The first-order valence-electron chi connectivity index (χ1n) is 5.39. The summed E-state index contributed by atoms with van der Waals surface area (Å²) in [7, 11) is 0. The molecule has 0 aromatic carbocycles. The third-order valence-electron chi connectivity index (χ3n) is 2.46. The molecule has 0 aliphatic rings. The molecule has 0 saturated heterocycles. The van der Waals surface area contributed by atoms with Crippen LogP contribution < -0.4 is 5.32 Å². The molecule has 0 radical (unpaired) electrons. The van der Waals surface area contributed by atoms with E-state index in [9.17, 15) is 19.7 Å². The van der Waals surface area contributed by atoms with Crippen molar-refractivity contribution >= 4 is 29.0 Å². The topological polar surface area (TPSA) is 125 Å². The predicted octanol–water partition coefficient (Wildman–Crippen LogP) is 1.54. The van der Waals surface area contributed by atoms with Gasteiger partial charge in [-0.15, -0.1) is 11.3 Å². The molecule has 8 nitrogen and oxygen atoms in total. The van der Waals surface area contributed by atoms with Crippen molar-refractivity contribution < 1.29 is 19.6 Å². The largest absolute Gasteiger partial charge is 0.479 e. The molecule has 2 aromatic heterocycles. The zero-order valence-corrected chi connectivity index (χ0v) is 10.7. The molecule has 0 bridgehead atoms. The Kier molecular flexibility index (Phi) is 3.80. The van der Waals surface area contributed by atoms with E-state index in [0.717, 1.165) is 6.07 Å². The number of hydrogen-bond acceptors (Lipinski definition) is 5. The summed E-state index contributed by atoms with van der Waals surface area (Å²) in [4.78, 5) is 35.6. The van der Waals surface area contributed by atoms with E-state index in [1.54, 1.807) is 17.5 Å². The molecule has 0 aliphatic carbocycles. The van der Waals surface area contributed by atoms with Crippen molar-refractivity contribution in [1.82, 2.24) is 10.3 Å². The lowest BCUT2D eigenvalue weighted by Gasteiger charge is -2.11. The zero-order chi connectivity index (χ0) is 14.7. The van der Waals surface area contributed by atoms with Crippen LogP contribution >= 0.6 is 11.3 Å². The maximum atomic E-state index is 11.9. The number of carboxylic acid groups (broad SMARTS) is 1. The first-order valence-corrected chi connectivity index (χ1v) is 6.27. The monoisotopic (exact) mass is 295 g/mol. The second-order valence-electron chi connectivity index (χ2n) is 3.77. The van der Waals surface area contributed by atoms with Crippen LogP contribution in [0.3, 0.4) is 0 Å². The molecular formula is C11H9N3O5S. The molecule has 1 atom stereocenters. The van der Waals surface area contributed by atoms with E-state index in [0.29, 0.717) is 4.88 Å². The van der Waals surface area contributed by atoms with Crippen molar-refractivity contribution in [2.45, 2.75) is 6.04 Å². The van der Waals surface area contributed by atoms with Crippen LogP contribution in [0, 0.1) is 10.1 Å². The highest BCUT2D eigenvalue weighted by Crippen LogP contribution is 2.20. The number of carbonyl (C=O) groups is 2. The number of H-pyrrole nitrogens is 1. The second kappa shape index (κ2) is 5.53. The normalized spacial score (nSPS) is 11.8. The highest BCUT2D eigenvalue weighted by atomic mass is 32.1. The van der Waals surface area contributed by atoms with Crippen LogP contribution in [0.2, 0.25) is 0 Å². The fourth-order valence-electron chi connectivity index (χ4n) is 1.54. The Balaban J connectivity index is 2.16. The molecule has 20 heavy (non-hydrogen) atoms. The van der Waals surface area contributed by atoms with Crippen molar-refractivity contribution in [3.8, 4) is 0 Å². The molecule has 1 amide bonds. The maximum absolute atomic E-state index is 11.9. The van der Waals surface area contributed by atoms with Gasteiger partial charge in [0.2, 0.25) is 0 Å². The molecule has 2 rings (SSSR count). The number of carbonyl (C=O) groups excluding carboxylic acids is 1. The van der Waals surface area contributed by atoms with Gasteiger partial charge in [-0.25, -0.2) is 9.78 Å². The fourth-order valence-corrected chi connectivity index (χ4v) is 2.31. The standard InChI is InChI=1S/C11H9N3O5S/c15-10(6-3-4-8(12-6)14(18)19)13-9(11(16)17)7-2-1-5-20-7/h1-5,9,12H,(H,13,15)(H,16,17). The molecular weight excluding hydrogens is 286 g/mol. The first kappa shape index (κ1) is 13.7. The van der Waals surface area contributed by atoms with Crippen LogP contribution in [0.5, 0.6) is 0 Å². The number of aliphatic carboxylic acids is 1. The number of nitrogens with one attached hydrogen (secondary N) is 2. The molecule has 3 N–H and O–H groups in total. The molecule has 9 heteroatoms. The molecule has 1 unspecified atom stereocenters. The number of rotatable bonds is 5. The van der Waals surface area contributed by atoms with Gasteiger partial charge in [-0.05, 0) is 22.4 Å². The minimum Gasteiger partial charge on any atom is -0.479 e. The van der Waals surface area contributed by atoms with Gasteiger partial charge in [0.25, 0.3) is 5.91 Å². The van der Waals surface area contributed by atoms with Crippen molar-refractivity contribution in [3.63, 3.8) is 0 Å². The maximum Gasteiger partial charge on any atom is 0.331 e. The van der Waals surface area contributed by atoms with Gasteiger partial charge in [0.15, 0.2) is 11.7 Å². The smallest absolute Gasteiger partial charge is 0.331 e. The third kappa shape index (κ3) is 2.83. The van der Waals surface area contributed by atoms with Crippen molar-refractivity contribution in [1.29, 1.82) is 0 Å². The summed E-state index contributed by atoms with van der Waals surface area (Å²) in [6.45, 7) is 0. The lowest BCUT2D eigenvalue weighted by Crippen LogP contribution is -2.33. The van der Waals surface area contributed by atoms with Gasteiger partial charge in [-0.2, -0.15) is 0 Å². The molecule has 0 aliphatic heterocycles. The Morgan fingerprint density at radius 1 is 1.40 bits per heavy atom. The number of thiophene rings is 1. The highest BCUT2D eigenvalue weighted by Gasteiger charge is 2.25. The van der Waals surface area contributed by atoms with E-state index in [1.165, 1.54) is 17.4 Å². The molecule has 2 aromatic rings. The lowest BCUT2D eigenvalue weighted by atomic mass is 10.2. The van der Waals surface area contributed by atoms with Crippen LogP contribution in [-0.4, -0.2) is 26.9 Å². The predicted molar refractivity (Wildman–Crippen MR) is 69.6 cm³/mol. The van der Waals surface area contributed by atoms with Gasteiger partial charge >= 0.3 is 11.8 Å². The Morgan fingerprint density at radius 3 is 2.65 bits per heavy atom. The van der Waals surface area contributed by atoms with Crippen LogP contribution in [0.25, 0.3) is 0 Å². The molecule has 0 spiro atoms. The molecule has 104 valence electrons. The second-order valence-corrected chi connectivity index (χ2v) is 4.75. The number of aromatic amines is 1. The molecule has 0 fully saturated rings. The Labute approximate surface area is 116 Å². The summed E-state index contributed by atoms with van der Waals surface area (Å²) in [6, 6.07) is 4.42. The number of amides is 1. The van der Waals surface area contributed by atoms with Crippen LogP contribution in [0.15, 0.2) is 29.6 Å². The summed E-state index contributed by atoms with van der Waals surface area (Å²) in [5.41, 5.74) is -0.0699. The number of carboxylic acids is 1. The van der Waals surface area contributed by atoms with E-state index in [4.69, 9.17) is 5.11 Å². The lowest BCUT2D eigenvalue weighted by molar-refractivity contribution is -0.389. The van der Waals surface area contributed by atoms with Gasteiger partial charge in [-0.3, -0.25) is 4.79 Å². The van der Waals surface area contributed by atoms with Crippen LogP contribution in [0.4, 0.5) is 5.82 Å². The number of hydrogen-bond donors (Lipinski definition) is 3. The average Bonchev–Trinajstić information content (AvgIpc) is 3.05. The van der Waals surface area contributed by atoms with Crippen LogP contribution in [-0.2, 0) is 4.79 Å². The number of nitro groups is 1. The molecule has 2 heterocycles. The van der Waals surface area contributed by atoms with E-state index < -0.39 is 22.8 Å². The minimum atomic E-state index is -1.21. The summed E-state index contributed by atoms with van der Waals surface area (Å²) < 4.78 is 0. The summed E-state index contributed by atoms with van der Waals surface area (Å²) in [5.74, 6) is -2.26. The third-order valence-corrected chi connectivity index (χ3v) is 3.40. The Bertz CT molecular complexity index is 649. The number of nitrogens with zero attached hydrogens (tertiary/aromatic N) is 1. The minimum absolute atomic E-state index is 0.0699. The summed E-state index contributed by atoms with van der Waals surface area (Å²) >= 11 is 1.19. The molecule has 0 saturated carbocycles. The van der Waals surface area contributed by atoms with Gasteiger partial charge in [0.05, 0.1) is 0 Å². The SMILES string of the molecule is O=C(NC(C(=O)O)c1cccs1)c1ccc([N+](=O)[O-])[nH]1. The van der Waals surface area contributed by atoms with E-state index in [-0.39, 0.29) is 11.5 Å². The zero-order valence-electron chi connectivity index (χ0n) is 9.90. The van der Waals surface area contributed by atoms with E-state index >= 15 is 0 Å². The van der Waals surface area contributed by atoms with Crippen molar-refractivity contribution in [3.05, 3.63) is 50.3 Å². The first-order chi connectivity index (χ1) is 9.49. The highest BCUT2D eigenvalue weighted by molar-refractivity contribution is 7.10. The van der Waals surface area contributed by atoms with E-state index in [1.807, 2.05) is 0 Å². The van der Waals surface area contributed by atoms with Gasteiger partial charge in [0, 0.05) is 10.9 Å². The average molecular weight is 295 g/mol. The van der Waals surface area contributed by atoms with Gasteiger partial charge in [0.1, 0.15) is 0 Å². The summed E-state index contributed by atoms with van der Waals surface area (Å²) in [5, 5.41) is 23.6. The summed E-state index contributed by atoms with van der Waals surface area (Å²) in [6.07, 6.45) is 0. The fraction of sp³-hybridized carbons (Fsp3) is 0.0909. The van der Waals surface area contributed by atoms with E-state index in [2.05, 4.69) is 10.3 Å². The van der Waals surface area contributed by atoms with Crippen molar-refractivity contribution in [2.24, 2.45) is 0 Å².